The summed E-state index contributed by atoms with van der Waals surface area (Å²) in [6.45, 7) is 3.89. The second-order valence-electron chi connectivity index (χ2n) is 5.04. The summed E-state index contributed by atoms with van der Waals surface area (Å²) in [6.07, 6.45) is 1.58. The molecule has 9 heteroatoms. The highest BCUT2D eigenvalue weighted by Gasteiger charge is 2.20. The van der Waals surface area contributed by atoms with Gasteiger partial charge < -0.3 is 9.64 Å². The van der Waals surface area contributed by atoms with Gasteiger partial charge in [-0.1, -0.05) is 0 Å². The number of carbonyl (C=O) groups excluding carboxylic acids is 2. The van der Waals surface area contributed by atoms with Gasteiger partial charge in [0.1, 0.15) is 6.54 Å². The van der Waals surface area contributed by atoms with Crippen molar-refractivity contribution in [2.75, 3.05) is 19.7 Å². The van der Waals surface area contributed by atoms with Crippen LogP contribution in [0.5, 0.6) is 0 Å². The molecule has 0 radical (unpaired) electrons. The number of aromatic nitrogens is 2. The first kappa shape index (κ1) is 18.1. The number of ether oxygens (including phenoxy) is 1. The van der Waals surface area contributed by atoms with E-state index in [1.807, 2.05) is 0 Å². The van der Waals surface area contributed by atoms with Gasteiger partial charge in [-0.3, -0.25) is 19.7 Å². The molecule has 0 bridgehead atoms. The maximum Gasteiger partial charge on any atom is 0.325 e. The summed E-state index contributed by atoms with van der Waals surface area (Å²) in [6, 6.07) is 7.32. The van der Waals surface area contributed by atoms with Crippen LogP contribution in [0.1, 0.15) is 24.3 Å². The van der Waals surface area contributed by atoms with Crippen molar-refractivity contribution in [3.05, 3.63) is 52.3 Å². The normalized spacial score (nSPS) is 10.3. The molecule has 2 aromatic rings. The van der Waals surface area contributed by atoms with Gasteiger partial charge in [-0.05, 0) is 32.0 Å². The number of likely N-dealkylation sites (N-methyl/N-ethyl adjacent to an activating group) is 1. The van der Waals surface area contributed by atoms with Gasteiger partial charge in [0, 0.05) is 24.9 Å². The van der Waals surface area contributed by atoms with Gasteiger partial charge in [-0.15, -0.1) is 0 Å². The molecule has 0 atom stereocenters. The number of rotatable bonds is 7. The van der Waals surface area contributed by atoms with Crippen LogP contribution in [0.15, 0.2) is 36.5 Å². The minimum atomic E-state index is -0.490. The van der Waals surface area contributed by atoms with E-state index in [9.17, 15) is 19.7 Å². The fraction of sp³-hybridized carbons (Fsp3) is 0.312. The fourth-order valence-electron chi connectivity index (χ4n) is 2.16. The molecule has 25 heavy (non-hydrogen) atoms. The first-order chi connectivity index (χ1) is 12.0. The number of amides is 1. The van der Waals surface area contributed by atoms with Gasteiger partial charge in [-0.25, -0.2) is 4.68 Å². The molecule has 0 aliphatic heterocycles. The van der Waals surface area contributed by atoms with Crippen molar-refractivity contribution >= 4 is 17.6 Å². The van der Waals surface area contributed by atoms with Crippen molar-refractivity contribution < 1.29 is 19.2 Å². The molecule has 1 aromatic carbocycles. The van der Waals surface area contributed by atoms with Gasteiger partial charge in [0.25, 0.3) is 11.6 Å². The number of nitrogens with zero attached hydrogens (tertiary/aromatic N) is 4. The van der Waals surface area contributed by atoms with E-state index in [-0.39, 0.29) is 24.5 Å². The average Bonchev–Trinajstić information content (AvgIpc) is 3.09. The van der Waals surface area contributed by atoms with Gasteiger partial charge >= 0.3 is 5.97 Å². The number of carbonyl (C=O) groups is 2. The van der Waals surface area contributed by atoms with Crippen molar-refractivity contribution in [3.63, 3.8) is 0 Å². The molecule has 9 nitrogen and oxygen atoms in total. The maximum absolute atomic E-state index is 12.5. The third-order valence-electron chi connectivity index (χ3n) is 3.43. The highest BCUT2D eigenvalue weighted by molar-refractivity contribution is 5.94. The number of nitro groups is 1. The third kappa shape index (κ3) is 4.40. The number of non-ortho nitro benzene ring substituents is 1. The summed E-state index contributed by atoms with van der Waals surface area (Å²) in [5.74, 6) is -0.872. The highest BCUT2D eigenvalue weighted by atomic mass is 16.6. The SMILES string of the molecule is CCOC(=O)CN(CC)C(=O)c1ccn(-c2ccc([N+](=O)[O-])cc2)n1. The first-order valence-electron chi connectivity index (χ1n) is 7.71. The van der Waals surface area contributed by atoms with E-state index in [2.05, 4.69) is 5.10 Å². The fourth-order valence-corrected chi connectivity index (χ4v) is 2.16. The van der Waals surface area contributed by atoms with E-state index in [4.69, 9.17) is 4.74 Å². The summed E-state index contributed by atoms with van der Waals surface area (Å²) in [7, 11) is 0. The molecule has 1 amide bonds. The molecule has 0 aliphatic carbocycles. The Hall–Kier alpha value is -3.23. The van der Waals surface area contributed by atoms with Crippen LogP contribution < -0.4 is 0 Å². The lowest BCUT2D eigenvalue weighted by molar-refractivity contribution is -0.384. The molecule has 0 N–H and O–H groups in total. The van der Waals surface area contributed by atoms with Crippen molar-refractivity contribution in [2.45, 2.75) is 13.8 Å². The van der Waals surface area contributed by atoms with Crippen LogP contribution in [0, 0.1) is 10.1 Å². The minimum Gasteiger partial charge on any atom is -0.465 e. The molecule has 0 saturated heterocycles. The largest absolute Gasteiger partial charge is 0.465 e. The lowest BCUT2D eigenvalue weighted by Crippen LogP contribution is -2.36. The number of nitro benzene ring substituents is 1. The predicted octanol–water partition coefficient (Wildman–Crippen LogP) is 1.81. The van der Waals surface area contributed by atoms with E-state index in [0.717, 1.165) is 0 Å². The highest BCUT2D eigenvalue weighted by Crippen LogP contribution is 2.15. The monoisotopic (exact) mass is 346 g/mol. The van der Waals surface area contributed by atoms with Gasteiger partial charge in [0.2, 0.25) is 0 Å². The Morgan fingerprint density at radius 1 is 1.24 bits per heavy atom. The Morgan fingerprint density at radius 2 is 1.92 bits per heavy atom. The molecule has 0 aliphatic rings. The van der Waals surface area contributed by atoms with E-state index in [0.29, 0.717) is 12.2 Å². The molecule has 0 unspecified atom stereocenters. The van der Waals surface area contributed by atoms with Crippen LogP contribution in [0.4, 0.5) is 5.69 Å². The Morgan fingerprint density at radius 3 is 2.48 bits per heavy atom. The van der Waals surface area contributed by atoms with Crippen LogP contribution in [0.3, 0.4) is 0 Å². The number of esters is 1. The van der Waals surface area contributed by atoms with Crippen LogP contribution in [-0.4, -0.2) is 51.2 Å². The van der Waals surface area contributed by atoms with Crippen molar-refractivity contribution in [1.29, 1.82) is 0 Å². The second kappa shape index (κ2) is 8.04. The molecule has 0 fully saturated rings. The van der Waals surface area contributed by atoms with Crippen LogP contribution in [-0.2, 0) is 9.53 Å². The Bertz CT molecular complexity index is 769. The molecule has 1 aromatic heterocycles. The van der Waals surface area contributed by atoms with E-state index < -0.39 is 16.8 Å². The minimum absolute atomic E-state index is 0.0289. The number of hydrogen-bond donors (Lipinski definition) is 0. The van der Waals surface area contributed by atoms with Gasteiger partial charge in [0.15, 0.2) is 5.69 Å². The lowest BCUT2D eigenvalue weighted by atomic mass is 10.3. The average molecular weight is 346 g/mol. The van der Waals surface area contributed by atoms with Crippen molar-refractivity contribution in [2.24, 2.45) is 0 Å². The zero-order chi connectivity index (χ0) is 18.4. The summed E-state index contributed by atoms with van der Waals surface area (Å²) >= 11 is 0. The topological polar surface area (TPSA) is 108 Å². The molecule has 1 heterocycles. The quantitative estimate of drug-likeness (QED) is 0.430. The standard InChI is InChI=1S/C16H18N4O5/c1-3-18(11-15(21)25-4-2)16(22)14-9-10-19(17-14)12-5-7-13(8-6-12)20(23)24/h5-10H,3-4,11H2,1-2H3. The molecule has 132 valence electrons. The third-order valence-corrected chi connectivity index (χ3v) is 3.43. The smallest absolute Gasteiger partial charge is 0.325 e. The second-order valence-corrected chi connectivity index (χ2v) is 5.04. The Kier molecular flexibility index (Phi) is 5.83. The van der Waals surface area contributed by atoms with Crippen molar-refractivity contribution in [3.8, 4) is 5.69 Å². The number of benzene rings is 1. The van der Waals surface area contributed by atoms with E-state index in [1.54, 1.807) is 20.0 Å². The zero-order valence-corrected chi connectivity index (χ0v) is 13.9. The molecular weight excluding hydrogens is 328 g/mol. The summed E-state index contributed by atoms with van der Waals surface area (Å²) in [5.41, 5.74) is 0.724. The number of hydrogen-bond acceptors (Lipinski definition) is 6. The summed E-state index contributed by atoms with van der Waals surface area (Å²) in [5, 5.41) is 14.9. The van der Waals surface area contributed by atoms with E-state index >= 15 is 0 Å². The molecule has 2 rings (SSSR count). The van der Waals surface area contributed by atoms with E-state index in [1.165, 1.54) is 39.9 Å². The summed E-state index contributed by atoms with van der Waals surface area (Å²) < 4.78 is 6.29. The van der Waals surface area contributed by atoms with Crippen LogP contribution in [0.2, 0.25) is 0 Å². The van der Waals surface area contributed by atoms with Crippen LogP contribution in [0.25, 0.3) is 5.69 Å². The summed E-state index contributed by atoms with van der Waals surface area (Å²) in [4.78, 5) is 35.5. The zero-order valence-electron chi connectivity index (χ0n) is 13.9. The predicted molar refractivity (Wildman–Crippen MR) is 88.4 cm³/mol. The van der Waals surface area contributed by atoms with Gasteiger partial charge in [-0.2, -0.15) is 5.10 Å². The van der Waals surface area contributed by atoms with Gasteiger partial charge in [0.05, 0.1) is 17.2 Å². The Labute approximate surface area is 143 Å². The molecule has 0 saturated carbocycles. The lowest BCUT2D eigenvalue weighted by Gasteiger charge is -2.18. The van der Waals surface area contributed by atoms with Crippen molar-refractivity contribution in [1.82, 2.24) is 14.7 Å². The Balaban J connectivity index is 2.14. The maximum atomic E-state index is 12.5. The first-order valence-corrected chi connectivity index (χ1v) is 7.71. The molecule has 0 spiro atoms. The molecular formula is C16H18N4O5. The van der Waals surface area contributed by atoms with Crippen LogP contribution >= 0.6 is 0 Å².